The van der Waals surface area contributed by atoms with Gasteiger partial charge in [-0.15, -0.1) is 0 Å². The first-order valence-electron chi connectivity index (χ1n) is 8.78. The van der Waals surface area contributed by atoms with Crippen molar-refractivity contribution < 1.29 is 13.5 Å². The zero-order valence-electron chi connectivity index (χ0n) is 14.6. The summed E-state index contributed by atoms with van der Waals surface area (Å²) in [5.41, 5.74) is 0.0958. The van der Waals surface area contributed by atoms with Crippen molar-refractivity contribution in [2.75, 3.05) is 31.6 Å². The number of hydrogen-bond acceptors (Lipinski definition) is 6. The molecule has 2 saturated heterocycles. The number of hydrogen-bond donors (Lipinski definition) is 0. The lowest BCUT2D eigenvalue weighted by Gasteiger charge is -2.38. The van der Waals surface area contributed by atoms with Gasteiger partial charge in [-0.1, -0.05) is 0 Å². The van der Waals surface area contributed by atoms with Crippen molar-refractivity contribution in [2.45, 2.75) is 25.4 Å². The van der Waals surface area contributed by atoms with E-state index in [9.17, 15) is 8.78 Å². The summed E-state index contributed by atoms with van der Waals surface area (Å²) in [5.74, 6) is 0.656. The first kappa shape index (κ1) is 17.1. The van der Waals surface area contributed by atoms with Crippen molar-refractivity contribution in [3.05, 3.63) is 42.0 Å². The lowest BCUT2D eigenvalue weighted by molar-refractivity contribution is 0.195. The standard InChI is InChI=1S/C18H21F2N5O/c1-26-13-6-22-18(23-7-13)25-5-3-12-2-4-24(17(12)11-25)10-14-15(19)8-21-9-16(14)20/h6-9,12,17H,2-5,10-11H2,1H3. The molecule has 2 aliphatic rings. The van der Waals surface area contributed by atoms with E-state index in [-0.39, 0.29) is 18.2 Å². The molecule has 26 heavy (non-hydrogen) atoms. The molecule has 2 atom stereocenters. The van der Waals surface area contributed by atoms with Crippen molar-refractivity contribution >= 4 is 5.95 Å². The molecule has 0 radical (unpaired) electrons. The average molecular weight is 361 g/mol. The van der Waals surface area contributed by atoms with Gasteiger partial charge in [-0.05, 0) is 25.3 Å². The molecule has 0 saturated carbocycles. The van der Waals surface area contributed by atoms with Crippen molar-refractivity contribution in [2.24, 2.45) is 5.92 Å². The van der Waals surface area contributed by atoms with Gasteiger partial charge in [-0.2, -0.15) is 0 Å². The van der Waals surface area contributed by atoms with Gasteiger partial charge in [0.1, 0.15) is 11.6 Å². The molecule has 2 fully saturated rings. The molecular formula is C18H21F2N5O. The van der Waals surface area contributed by atoms with E-state index in [1.165, 1.54) is 0 Å². The quantitative estimate of drug-likeness (QED) is 0.833. The molecule has 0 bridgehead atoms. The molecule has 2 aliphatic heterocycles. The number of pyridine rings is 1. The number of aromatic nitrogens is 3. The van der Waals surface area contributed by atoms with Crippen LogP contribution in [0, 0.1) is 17.6 Å². The summed E-state index contributed by atoms with van der Waals surface area (Å²) in [7, 11) is 1.58. The van der Waals surface area contributed by atoms with Crippen molar-refractivity contribution in [1.82, 2.24) is 19.9 Å². The summed E-state index contributed by atoms with van der Waals surface area (Å²) in [6, 6.07) is 0.237. The predicted molar refractivity (Wildman–Crippen MR) is 91.9 cm³/mol. The van der Waals surface area contributed by atoms with Crippen LogP contribution in [0.3, 0.4) is 0 Å². The van der Waals surface area contributed by atoms with Crippen LogP contribution in [-0.2, 0) is 6.54 Å². The highest BCUT2D eigenvalue weighted by atomic mass is 19.1. The Morgan fingerprint density at radius 1 is 1.08 bits per heavy atom. The smallest absolute Gasteiger partial charge is 0.225 e. The van der Waals surface area contributed by atoms with E-state index >= 15 is 0 Å². The second-order valence-corrected chi connectivity index (χ2v) is 6.83. The van der Waals surface area contributed by atoms with Gasteiger partial charge in [0.2, 0.25) is 5.95 Å². The van der Waals surface area contributed by atoms with Gasteiger partial charge in [0.25, 0.3) is 0 Å². The molecule has 138 valence electrons. The maximum Gasteiger partial charge on any atom is 0.225 e. The molecule has 0 aromatic carbocycles. The van der Waals surface area contributed by atoms with E-state index in [1.807, 2.05) is 0 Å². The molecule has 2 aromatic heterocycles. The van der Waals surface area contributed by atoms with Gasteiger partial charge in [0.05, 0.1) is 31.9 Å². The van der Waals surface area contributed by atoms with E-state index < -0.39 is 11.6 Å². The second-order valence-electron chi connectivity index (χ2n) is 6.83. The summed E-state index contributed by atoms with van der Waals surface area (Å²) >= 11 is 0. The monoisotopic (exact) mass is 361 g/mol. The molecule has 2 aromatic rings. The number of halogens is 2. The van der Waals surface area contributed by atoms with Crippen molar-refractivity contribution in [1.29, 1.82) is 0 Å². The Labute approximate surface area is 150 Å². The summed E-state index contributed by atoms with van der Waals surface area (Å²) < 4.78 is 33.0. The number of anilines is 1. The van der Waals surface area contributed by atoms with E-state index in [1.54, 1.807) is 19.5 Å². The topological polar surface area (TPSA) is 54.4 Å². The molecule has 0 amide bonds. The summed E-state index contributed by atoms with van der Waals surface area (Å²) in [4.78, 5) is 16.6. The van der Waals surface area contributed by atoms with Gasteiger partial charge in [-0.25, -0.2) is 18.7 Å². The third-order valence-corrected chi connectivity index (χ3v) is 5.42. The van der Waals surface area contributed by atoms with Crippen molar-refractivity contribution in [3.63, 3.8) is 0 Å². The highest BCUT2D eigenvalue weighted by Gasteiger charge is 2.39. The first-order valence-corrected chi connectivity index (χ1v) is 8.78. The summed E-state index contributed by atoms with van der Waals surface area (Å²) in [6.07, 6.45) is 7.54. The van der Waals surface area contributed by atoms with E-state index in [2.05, 4.69) is 24.8 Å². The maximum absolute atomic E-state index is 14.0. The van der Waals surface area contributed by atoms with Crippen molar-refractivity contribution in [3.8, 4) is 5.75 Å². The first-order chi connectivity index (χ1) is 12.7. The van der Waals surface area contributed by atoms with Crippen LogP contribution in [0.4, 0.5) is 14.7 Å². The van der Waals surface area contributed by atoms with Crippen LogP contribution in [0.25, 0.3) is 0 Å². The Morgan fingerprint density at radius 3 is 2.46 bits per heavy atom. The number of ether oxygens (including phenoxy) is 1. The van der Waals surface area contributed by atoms with E-state index in [0.29, 0.717) is 17.6 Å². The van der Waals surface area contributed by atoms with Gasteiger partial charge in [0, 0.05) is 31.2 Å². The lowest BCUT2D eigenvalue weighted by atomic mass is 9.92. The molecule has 4 heterocycles. The zero-order chi connectivity index (χ0) is 18.1. The zero-order valence-corrected chi connectivity index (χ0v) is 14.6. The van der Waals surface area contributed by atoms with Gasteiger partial charge >= 0.3 is 0 Å². The second kappa shape index (κ2) is 7.11. The molecule has 2 unspecified atom stereocenters. The molecule has 0 spiro atoms. The Hall–Kier alpha value is -2.35. The maximum atomic E-state index is 14.0. The van der Waals surface area contributed by atoms with E-state index in [4.69, 9.17) is 4.74 Å². The average Bonchev–Trinajstić information content (AvgIpc) is 3.07. The minimum Gasteiger partial charge on any atom is -0.494 e. The third kappa shape index (κ3) is 3.21. The highest BCUT2D eigenvalue weighted by Crippen LogP contribution is 2.34. The number of likely N-dealkylation sites (tertiary alicyclic amines) is 1. The van der Waals surface area contributed by atoms with Crippen LogP contribution in [-0.4, -0.2) is 52.6 Å². The molecule has 6 nitrogen and oxygen atoms in total. The van der Waals surface area contributed by atoms with Crippen LogP contribution in [0.2, 0.25) is 0 Å². The fourth-order valence-corrected chi connectivity index (χ4v) is 3.98. The third-order valence-electron chi connectivity index (χ3n) is 5.42. The number of piperidine rings is 1. The molecule has 8 heteroatoms. The number of nitrogens with zero attached hydrogens (tertiary/aromatic N) is 5. The fraction of sp³-hybridized carbons (Fsp3) is 0.500. The largest absolute Gasteiger partial charge is 0.494 e. The van der Waals surface area contributed by atoms with Crippen LogP contribution < -0.4 is 9.64 Å². The Bertz CT molecular complexity index is 752. The Morgan fingerprint density at radius 2 is 1.77 bits per heavy atom. The Balaban J connectivity index is 1.49. The number of methoxy groups -OCH3 is 1. The minimum absolute atomic E-state index is 0.0958. The highest BCUT2D eigenvalue weighted by molar-refractivity contribution is 5.33. The lowest BCUT2D eigenvalue weighted by Crippen LogP contribution is -2.48. The predicted octanol–water partition coefficient (Wildman–Crippen LogP) is 2.26. The normalized spacial score (nSPS) is 23.1. The van der Waals surface area contributed by atoms with E-state index in [0.717, 1.165) is 44.9 Å². The summed E-state index contributed by atoms with van der Waals surface area (Å²) in [6.45, 7) is 2.75. The molecule has 4 rings (SSSR count). The van der Waals surface area contributed by atoms with Gasteiger partial charge < -0.3 is 9.64 Å². The molecular weight excluding hydrogens is 340 g/mol. The van der Waals surface area contributed by atoms with Crippen LogP contribution in [0.1, 0.15) is 18.4 Å². The minimum atomic E-state index is -0.584. The number of fused-ring (bicyclic) bond motifs is 1. The van der Waals surface area contributed by atoms with Crippen LogP contribution in [0.15, 0.2) is 24.8 Å². The Kier molecular flexibility index (Phi) is 4.67. The molecule has 0 aliphatic carbocycles. The summed E-state index contributed by atoms with van der Waals surface area (Å²) in [5, 5.41) is 0. The SMILES string of the molecule is COc1cnc(N2CCC3CCN(Cc4c(F)cncc4F)C3C2)nc1. The molecule has 0 N–H and O–H groups in total. The van der Waals surface area contributed by atoms with Crippen LogP contribution >= 0.6 is 0 Å². The number of rotatable bonds is 4. The van der Waals surface area contributed by atoms with Gasteiger partial charge in [0.15, 0.2) is 5.75 Å². The van der Waals surface area contributed by atoms with Crippen LogP contribution in [0.5, 0.6) is 5.75 Å². The fourth-order valence-electron chi connectivity index (χ4n) is 3.98. The van der Waals surface area contributed by atoms with Gasteiger partial charge in [-0.3, -0.25) is 9.88 Å².